The van der Waals surface area contributed by atoms with Crippen molar-refractivity contribution in [2.45, 2.75) is 13.5 Å². The zero-order valence-electron chi connectivity index (χ0n) is 17.7. The third-order valence-corrected chi connectivity index (χ3v) is 4.20. The van der Waals surface area contributed by atoms with Crippen LogP contribution >= 0.6 is 0 Å². The lowest BCUT2D eigenvalue weighted by Crippen LogP contribution is -2.38. The normalized spacial score (nSPS) is 10.2. The Morgan fingerprint density at radius 2 is 1.69 bits per heavy atom. The van der Waals surface area contributed by atoms with Gasteiger partial charge < -0.3 is 26.0 Å². The molecule has 0 radical (unpaired) electrons. The predicted molar refractivity (Wildman–Crippen MR) is 120 cm³/mol. The number of aromatic nitrogens is 3. The Labute approximate surface area is 185 Å². The third kappa shape index (κ3) is 7.90. The van der Waals surface area contributed by atoms with Crippen LogP contribution in [0.2, 0.25) is 0 Å². The van der Waals surface area contributed by atoms with E-state index < -0.39 is 6.09 Å². The Hall–Kier alpha value is -4.21. The molecule has 0 unspecified atom stereocenters. The van der Waals surface area contributed by atoms with Crippen LogP contribution in [0.3, 0.4) is 0 Å². The summed E-state index contributed by atoms with van der Waals surface area (Å²) >= 11 is 0. The van der Waals surface area contributed by atoms with Gasteiger partial charge in [0.2, 0.25) is 5.91 Å². The number of benzene rings is 1. The standard InChI is InChI=1S/C22H25N7O3/c1-16-7-8-23-19(11-16)29-20-12-18(27-15-28-20)24-9-10-25-21(30)13-26-22(31)32-14-17-5-3-2-4-6-17/h2-8,11-12,15H,9-10,13-14H2,1H3,(H,25,30)(H,26,31)(H2,23,24,27,28,29). The number of anilines is 3. The first-order chi connectivity index (χ1) is 15.6. The van der Waals surface area contributed by atoms with E-state index in [1.807, 2.05) is 49.4 Å². The number of nitrogens with zero attached hydrogens (tertiary/aromatic N) is 3. The molecule has 3 aromatic rings. The topological polar surface area (TPSA) is 130 Å². The summed E-state index contributed by atoms with van der Waals surface area (Å²) in [6, 6.07) is 14.9. The van der Waals surface area contributed by atoms with Gasteiger partial charge in [-0.05, 0) is 30.2 Å². The van der Waals surface area contributed by atoms with E-state index in [2.05, 4.69) is 36.2 Å². The smallest absolute Gasteiger partial charge is 0.407 e. The molecule has 0 aliphatic rings. The van der Waals surface area contributed by atoms with Crippen LogP contribution in [-0.4, -0.2) is 46.6 Å². The van der Waals surface area contributed by atoms with E-state index in [-0.39, 0.29) is 19.1 Å². The lowest BCUT2D eigenvalue weighted by molar-refractivity contribution is -0.120. The predicted octanol–water partition coefficient (Wildman–Crippen LogP) is 2.38. The molecule has 0 fully saturated rings. The minimum atomic E-state index is -0.647. The summed E-state index contributed by atoms with van der Waals surface area (Å²) in [4.78, 5) is 36.1. The van der Waals surface area contributed by atoms with Gasteiger partial charge in [0.25, 0.3) is 0 Å². The number of ether oxygens (including phenoxy) is 1. The fraction of sp³-hybridized carbons (Fsp3) is 0.227. The first-order valence-electron chi connectivity index (χ1n) is 10.1. The molecule has 10 nitrogen and oxygen atoms in total. The van der Waals surface area contributed by atoms with Gasteiger partial charge in [-0.1, -0.05) is 30.3 Å². The molecular formula is C22H25N7O3. The molecule has 2 heterocycles. The fourth-order valence-corrected chi connectivity index (χ4v) is 2.64. The Balaban J connectivity index is 1.31. The molecule has 0 bridgehead atoms. The maximum atomic E-state index is 11.9. The molecule has 10 heteroatoms. The number of alkyl carbamates (subject to hydrolysis) is 1. The van der Waals surface area contributed by atoms with Crippen LogP contribution in [0, 0.1) is 6.92 Å². The first kappa shape index (κ1) is 22.5. The SMILES string of the molecule is Cc1ccnc(Nc2cc(NCCNC(=O)CNC(=O)OCc3ccccc3)ncn2)c1. The van der Waals surface area contributed by atoms with E-state index in [0.29, 0.717) is 30.5 Å². The number of pyridine rings is 1. The summed E-state index contributed by atoms with van der Waals surface area (Å²) in [5.41, 5.74) is 1.96. The van der Waals surface area contributed by atoms with Crippen molar-refractivity contribution in [1.29, 1.82) is 0 Å². The molecule has 0 atom stereocenters. The summed E-state index contributed by atoms with van der Waals surface area (Å²) in [6.45, 7) is 2.76. The Morgan fingerprint density at radius 1 is 0.906 bits per heavy atom. The summed E-state index contributed by atoms with van der Waals surface area (Å²) in [6.07, 6.45) is 2.51. The second-order valence-electron chi connectivity index (χ2n) is 6.82. The van der Waals surface area contributed by atoms with Crippen molar-refractivity contribution >= 4 is 29.5 Å². The zero-order chi connectivity index (χ0) is 22.6. The number of hydrogen-bond donors (Lipinski definition) is 4. The molecule has 0 aliphatic heterocycles. The molecule has 3 rings (SSSR count). The fourth-order valence-electron chi connectivity index (χ4n) is 2.64. The number of carbonyl (C=O) groups excluding carboxylic acids is 2. The number of carbonyl (C=O) groups is 2. The van der Waals surface area contributed by atoms with Crippen LogP contribution in [0.4, 0.5) is 22.2 Å². The summed E-state index contributed by atoms with van der Waals surface area (Å²) < 4.78 is 5.06. The lowest BCUT2D eigenvalue weighted by Gasteiger charge is -2.10. The maximum absolute atomic E-state index is 11.9. The molecule has 4 N–H and O–H groups in total. The summed E-state index contributed by atoms with van der Waals surface area (Å²) in [5, 5.41) is 11.3. The molecule has 32 heavy (non-hydrogen) atoms. The third-order valence-electron chi connectivity index (χ3n) is 4.20. The highest BCUT2D eigenvalue weighted by atomic mass is 16.5. The second kappa shape index (κ2) is 11.8. The van der Waals surface area contributed by atoms with Crippen molar-refractivity contribution in [3.8, 4) is 0 Å². The molecule has 0 saturated carbocycles. The van der Waals surface area contributed by atoms with Gasteiger partial charge in [0.05, 0.1) is 6.54 Å². The molecule has 0 spiro atoms. The summed E-state index contributed by atoms with van der Waals surface area (Å²) in [5.74, 6) is 1.57. The molecule has 0 aliphatic carbocycles. The molecular weight excluding hydrogens is 410 g/mol. The van der Waals surface area contributed by atoms with Crippen molar-refractivity contribution in [3.05, 3.63) is 72.2 Å². The van der Waals surface area contributed by atoms with E-state index in [1.54, 1.807) is 12.3 Å². The van der Waals surface area contributed by atoms with Crippen molar-refractivity contribution in [3.63, 3.8) is 0 Å². The van der Waals surface area contributed by atoms with Gasteiger partial charge in [-0.3, -0.25) is 4.79 Å². The Morgan fingerprint density at radius 3 is 2.50 bits per heavy atom. The van der Waals surface area contributed by atoms with E-state index in [0.717, 1.165) is 11.1 Å². The van der Waals surface area contributed by atoms with Crippen LogP contribution < -0.4 is 21.3 Å². The number of aryl methyl sites for hydroxylation is 1. The first-order valence-corrected chi connectivity index (χ1v) is 10.1. The van der Waals surface area contributed by atoms with E-state index in [4.69, 9.17) is 4.74 Å². The van der Waals surface area contributed by atoms with Crippen molar-refractivity contribution in [2.24, 2.45) is 0 Å². The van der Waals surface area contributed by atoms with Gasteiger partial charge in [-0.2, -0.15) is 0 Å². The van der Waals surface area contributed by atoms with Crippen LogP contribution in [0.15, 0.2) is 61.1 Å². The van der Waals surface area contributed by atoms with Gasteiger partial charge in [0.1, 0.15) is 30.4 Å². The highest BCUT2D eigenvalue weighted by molar-refractivity contribution is 5.82. The van der Waals surface area contributed by atoms with Gasteiger partial charge in [-0.25, -0.2) is 19.7 Å². The van der Waals surface area contributed by atoms with E-state index >= 15 is 0 Å². The lowest BCUT2D eigenvalue weighted by atomic mass is 10.2. The molecule has 1 aromatic carbocycles. The molecule has 2 aromatic heterocycles. The zero-order valence-corrected chi connectivity index (χ0v) is 17.7. The van der Waals surface area contributed by atoms with Gasteiger partial charge in [-0.15, -0.1) is 0 Å². The minimum Gasteiger partial charge on any atom is -0.445 e. The van der Waals surface area contributed by atoms with Gasteiger partial charge in [0.15, 0.2) is 0 Å². The van der Waals surface area contributed by atoms with Crippen LogP contribution in [0.5, 0.6) is 0 Å². The van der Waals surface area contributed by atoms with E-state index in [9.17, 15) is 9.59 Å². The number of rotatable bonds is 10. The van der Waals surface area contributed by atoms with Gasteiger partial charge >= 0.3 is 6.09 Å². The molecule has 166 valence electrons. The van der Waals surface area contributed by atoms with Crippen molar-refractivity contribution in [2.75, 3.05) is 30.3 Å². The summed E-state index contributed by atoms with van der Waals surface area (Å²) in [7, 11) is 0. The van der Waals surface area contributed by atoms with Crippen molar-refractivity contribution < 1.29 is 14.3 Å². The molecule has 0 saturated heterocycles. The molecule has 2 amide bonds. The highest BCUT2D eigenvalue weighted by Crippen LogP contribution is 2.14. The number of hydrogen-bond acceptors (Lipinski definition) is 8. The Kier molecular flexibility index (Phi) is 8.32. The highest BCUT2D eigenvalue weighted by Gasteiger charge is 2.06. The van der Waals surface area contributed by atoms with Crippen LogP contribution in [0.25, 0.3) is 0 Å². The quantitative estimate of drug-likeness (QED) is 0.357. The van der Waals surface area contributed by atoms with Gasteiger partial charge in [0, 0.05) is 25.4 Å². The average molecular weight is 435 g/mol. The minimum absolute atomic E-state index is 0.147. The average Bonchev–Trinajstić information content (AvgIpc) is 2.80. The number of nitrogens with one attached hydrogen (secondary N) is 4. The maximum Gasteiger partial charge on any atom is 0.407 e. The largest absolute Gasteiger partial charge is 0.445 e. The monoisotopic (exact) mass is 435 g/mol. The van der Waals surface area contributed by atoms with Crippen LogP contribution in [-0.2, 0) is 16.1 Å². The Bertz CT molecular complexity index is 1030. The second-order valence-corrected chi connectivity index (χ2v) is 6.82. The number of amides is 2. The van der Waals surface area contributed by atoms with E-state index in [1.165, 1.54) is 6.33 Å². The van der Waals surface area contributed by atoms with Crippen LogP contribution in [0.1, 0.15) is 11.1 Å². The van der Waals surface area contributed by atoms with Crippen molar-refractivity contribution in [1.82, 2.24) is 25.6 Å².